The Morgan fingerprint density at radius 1 is 0.814 bits per heavy atom. The quantitative estimate of drug-likeness (QED) is 0.130. The highest BCUT2D eigenvalue weighted by Gasteiger charge is 2.32. The van der Waals surface area contributed by atoms with Crippen molar-refractivity contribution in [2.75, 3.05) is 0 Å². The molecule has 43 heavy (non-hydrogen) atoms. The van der Waals surface area contributed by atoms with Crippen molar-refractivity contribution < 1.29 is 34.2 Å². The summed E-state index contributed by atoms with van der Waals surface area (Å²) in [5.41, 5.74) is 8.35. The van der Waals surface area contributed by atoms with Gasteiger partial charge in [0.25, 0.3) is 0 Å². The average molecular weight is 594 g/mol. The van der Waals surface area contributed by atoms with E-state index in [0.717, 1.165) is 16.5 Å². The van der Waals surface area contributed by atoms with Gasteiger partial charge in [-0.1, -0.05) is 68.8 Å². The lowest BCUT2D eigenvalue weighted by Crippen LogP contribution is -2.58. The number of para-hydroxylation sites is 1. The van der Waals surface area contributed by atoms with Crippen LogP contribution >= 0.6 is 0 Å². The molecule has 12 heteroatoms. The van der Waals surface area contributed by atoms with Gasteiger partial charge in [0.1, 0.15) is 18.1 Å². The predicted molar refractivity (Wildman–Crippen MR) is 160 cm³/mol. The summed E-state index contributed by atoms with van der Waals surface area (Å²) < 4.78 is 0. The smallest absolute Gasteiger partial charge is 0.326 e. The Morgan fingerprint density at radius 2 is 1.42 bits per heavy atom. The number of aliphatic carboxylic acids is 2. The predicted octanol–water partition coefficient (Wildman–Crippen LogP) is 1.73. The van der Waals surface area contributed by atoms with Crippen molar-refractivity contribution in [2.45, 2.75) is 70.1 Å². The molecule has 0 aliphatic rings. The molecule has 230 valence electrons. The second kappa shape index (κ2) is 15.5. The normalized spacial score (nSPS) is 14.6. The Kier molecular flexibility index (Phi) is 11.8. The second-order valence-corrected chi connectivity index (χ2v) is 10.6. The van der Waals surface area contributed by atoms with Crippen molar-refractivity contribution in [1.82, 2.24) is 20.9 Å². The van der Waals surface area contributed by atoms with Crippen LogP contribution in [-0.2, 0) is 36.8 Å². The number of carbonyl (C=O) groups excluding carboxylic acids is 3. The minimum Gasteiger partial charge on any atom is -0.481 e. The summed E-state index contributed by atoms with van der Waals surface area (Å²) in [6, 6.07) is 11.4. The molecule has 3 rings (SSSR count). The molecule has 0 saturated heterocycles. The first-order valence-electron chi connectivity index (χ1n) is 14.2. The van der Waals surface area contributed by atoms with Crippen molar-refractivity contribution in [1.29, 1.82) is 0 Å². The van der Waals surface area contributed by atoms with E-state index >= 15 is 0 Å². The van der Waals surface area contributed by atoms with E-state index in [1.807, 2.05) is 38.1 Å². The van der Waals surface area contributed by atoms with Crippen LogP contribution in [0.3, 0.4) is 0 Å². The van der Waals surface area contributed by atoms with Crippen molar-refractivity contribution in [3.8, 4) is 0 Å². The number of nitrogens with one attached hydrogen (secondary N) is 4. The number of amides is 3. The van der Waals surface area contributed by atoms with Crippen molar-refractivity contribution >= 4 is 40.6 Å². The Hall–Kier alpha value is -4.71. The van der Waals surface area contributed by atoms with Crippen LogP contribution in [0.25, 0.3) is 10.9 Å². The number of carbonyl (C=O) groups is 5. The molecule has 1 aromatic heterocycles. The third-order valence-electron chi connectivity index (χ3n) is 7.47. The topological polar surface area (TPSA) is 204 Å². The van der Waals surface area contributed by atoms with Gasteiger partial charge in [0.2, 0.25) is 17.7 Å². The Balaban J connectivity index is 1.84. The van der Waals surface area contributed by atoms with Gasteiger partial charge < -0.3 is 36.9 Å². The maximum Gasteiger partial charge on any atom is 0.326 e. The summed E-state index contributed by atoms with van der Waals surface area (Å²) in [5.74, 6) is -4.79. The number of nitrogens with two attached hydrogens (primary N) is 1. The molecule has 5 atom stereocenters. The number of H-pyrrole nitrogens is 1. The minimum absolute atomic E-state index is 0.0196. The maximum atomic E-state index is 13.7. The number of fused-ring (bicyclic) bond motifs is 1. The summed E-state index contributed by atoms with van der Waals surface area (Å²) in [6.07, 6.45) is 1.63. The van der Waals surface area contributed by atoms with Gasteiger partial charge >= 0.3 is 11.9 Å². The fourth-order valence-corrected chi connectivity index (χ4v) is 4.64. The van der Waals surface area contributed by atoms with E-state index in [9.17, 15) is 34.2 Å². The van der Waals surface area contributed by atoms with Crippen LogP contribution in [0.4, 0.5) is 0 Å². The van der Waals surface area contributed by atoms with Gasteiger partial charge in [-0.2, -0.15) is 0 Å². The average Bonchev–Trinajstić information content (AvgIpc) is 3.40. The Morgan fingerprint density at radius 3 is 2.07 bits per heavy atom. The zero-order valence-electron chi connectivity index (χ0n) is 24.2. The van der Waals surface area contributed by atoms with Crippen LogP contribution in [0.2, 0.25) is 0 Å². The van der Waals surface area contributed by atoms with Gasteiger partial charge in [0.15, 0.2) is 0 Å². The lowest BCUT2D eigenvalue weighted by Gasteiger charge is -2.26. The Labute approximate surface area is 249 Å². The zero-order chi connectivity index (χ0) is 31.5. The SMILES string of the molecule is CCC(C)C(N)C(=O)NC(Cc1c[nH]c2ccccc12)C(=O)NC(CCC(=O)O)C(=O)NC(Cc1ccccc1)C(=O)O. The van der Waals surface area contributed by atoms with Crippen molar-refractivity contribution in [3.63, 3.8) is 0 Å². The molecule has 0 radical (unpaired) electrons. The molecule has 0 aliphatic carbocycles. The van der Waals surface area contributed by atoms with E-state index < -0.39 is 60.2 Å². The molecule has 2 aromatic carbocycles. The molecule has 12 nitrogen and oxygen atoms in total. The van der Waals surface area contributed by atoms with Gasteiger partial charge in [0, 0.05) is 36.4 Å². The van der Waals surface area contributed by atoms with E-state index in [0.29, 0.717) is 12.0 Å². The van der Waals surface area contributed by atoms with E-state index in [4.69, 9.17) is 5.73 Å². The second-order valence-electron chi connectivity index (χ2n) is 10.6. The number of carboxylic acids is 2. The number of carboxylic acid groups (broad SMARTS) is 2. The summed E-state index contributed by atoms with van der Waals surface area (Å²) in [4.78, 5) is 66.4. The molecule has 0 bridgehead atoms. The molecule has 0 fully saturated rings. The maximum absolute atomic E-state index is 13.7. The van der Waals surface area contributed by atoms with Gasteiger partial charge in [-0.25, -0.2) is 4.79 Å². The highest BCUT2D eigenvalue weighted by Crippen LogP contribution is 2.20. The molecule has 3 amide bonds. The monoisotopic (exact) mass is 593 g/mol. The number of hydrogen-bond acceptors (Lipinski definition) is 6. The van der Waals surface area contributed by atoms with Crippen LogP contribution in [0.1, 0.15) is 44.2 Å². The molecular weight excluding hydrogens is 554 g/mol. The third-order valence-corrected chi connectivity index (χ3v) is 7.47. The van der Waals surface area contributed by atoms with Gasteiger partial charge in [-0.05, 0) is 29.5 Å². The Bertz CT molecular complexity index is 1420. The van der Waals surface area contributed by atoms with Crippen LogP contribution in [-0.4, -0.2) is 69.0 Å². The molecule has 0 aliphatic heterocycles. The molecule has 0 spiro atoms. The van der Waals surface area contributed by atoms with Crippen LogP contribution < -0.4 is 21.7 Å². The van der Waals surface area contributed by atoms with Crippen molar-refractivity contribution in [3.05, 3.63) is 71.9 Å². The highest BCUT2D eigenvalue weighted by atomic mass is 16.4. The molecular formula is C31H39N5O7. The first kappa shape index (κ1) is 32.8. The van der Waals surface area contributed by atoms with E-state index in [1.165, 1.54) is 0 Å². The lowest BCUT2D eigenvalue weighted by atomic mass is 9.98. The highest BCUT2D eigenvalue weighted by molar-refractivity contribution is 5.95. The fourth-order valence-electron chi connectivity index (χ4n) is 4.64. The standard InChI is InChI=1S/C31H39N5O7/c1-3-18(2)27(32)30(41)35-24(16-20-17-33-22-12-8-7-11-21(20)22)29(40)34-23(13-14-26(37)38)28(39)36-25(31(42)43)15-19-9-5-4-6-10-19/h4-12,17-18,23-25,27,33H,3,13-16,32H2,1-2H3,(H,34,40)(H,35,41)(H,36,39)(H,37,38)(H,42,43). The van der Waals surface area contributed by atoms with Gasteiger partial charge in [0.05, 0.1) is 6.04 Å². The van der Waals surface area contributed by atoms with Gasteiger partial charge in [-0.15, -0.1) is 0 Å². The summed E-state index contributed by atoms with van der Waals surface area (Å²) in [6.45, 7) is 3.71. The van der Waals surface area contributed by atoms with Gasteiger partial charge in [-0.3, -0.25) is 19.2 Å². The summed E-state index contributed by atoms with van der Waals surface area (Å²) in [5, 5.41) is 27.5. The molecule has 3 aromatic rings. The van der Waals surface area contributed by atoms with Crippen molar-refractivity contribution in [2.24, 2.45) is 11.7 Å². The minimum atomic E-state index is -1.38. The molecule has 8 N–H and O–H groups in total. The van der Waals surface area contributed by atoms with Crippen LogP contribution in [0, 0.1) is 5.92 Å². The summed E-state index contributed by atoms with van der Waals surface area (Å²) in [7, 11) is 0. The van der Waals surface area contributed by atoms with E-state index in [2.05, 4.69) is 20.9 Å². The first-order valence-corrected chi connectivity index (χ1v) is 14.2. The summed E-state index contributed by atoms with van der Waals surface area (Å²) >= 11 is 0. The lowest BCUT2D eigenvalue weighted by molar-refractivity contribution is -0.143. The fraction of sp³-hybridized carbons (Fsp3) is 0.387. The number of rotatable bonds is 16. The number of hydrogen-bond donors (Lipinski definition) is 7. The molecule has 5 unspecified atom stereocenters. The molecule has 0 saturated carbocycles. The largest absolute Gasteiger partial charge is 0.481 e. The number of aromatic amines is 1. The molecule has 1 heterocycles. The third kappa shape index (κ3) is 9.40. The van der Waals surface area contributed by atoms with E-state index in [-0.39, 0.29) is 25.2 Å². The first-order chi connectivity index (χ1) is 20.5. The van der Waals surface area contributed by atoms with Crippen LogP contribution in [0.15, 0.2) is 60.8 Å². The van der Waals surface area contributed by atoms with Crippen LogP contribution in [0.5, 0.6) is 0 Å². The number of aromatic nitrogens is 1. The zero-order valence-corrected chi connectivity index (χ0v) is 24.2. The number of benzene rings is 2. The van der Waals surface area contributed by atoms with E-state index in [1.54, 1.807) is 36.5 Å².